The van der Waals surface area contributed by atoms with Gasteiger partial charge in [-0.25, -0.2) is 4.79 Å². The first-order chi connectivity index (χ1) is 10.5. The maximum absolute atomic E-state index is 11.6. The molecule has 3 amide bonds. The van der Waals surface area contributed by atoms with E-state index in [1.807, 2.05) is 45.0 Å². The molecule has 0 aromatic heterocycles. The van der Waals surface area contributed by atoms with Gasteiger partial charge in [0.2, 0.25) is 5.91 Å². The predicted octanol–water partition coefficient (Wildman–Crippen LogP) is 2.48. The van der Waals surface area contributed by atoms with Crippen LogP contribution in [0.4, 0.5) is 4.79 Å². The summed E-state index contributed by atoms with van der Waals surface area (Å²) in [5.41, 5.74) is 2.97. The van der Waals surface area contributed by atoms with Crippen molar-refractivity contribution in [3.8, 4) is 0 Å². The summed E-state index contributed by atoms with van der Waals surface area (Å²) in [5, 5.41) is 8.40. The Morgan fingerprint density at radius 1 is 1.05 bits per heavy atom. The van der Waals surface area contributed by atoms with E-state index in [4.69, 9.17) is 0 Å². The number of amides is 3. The van der Waals surface area contributed by atoms with Crippen molar-refractivity contribution in [3.63, 3.8) is 0 Å². The molecule has 0 aliphatic rings. The fourth-order valence-corrected chi connectivity index (χ4v) is 1.84. The second kappa shape index (κ2) is 9.60. The number of allylic oxidation sites excluding steroid dienone is 1. The Kier molecular flexibility index (Phi) is 7.75. The van der Waals surface area contributed by atoms with Gasteiger partial charge in [-0.15, -0.1) is 0 Å². The summed E-state index contributed by atoms with van der Waals surface area (Å²) in [6, 6.07) is 7.63. The van der Waals surface area contributed by atoms with E-state index >= 15 is 0 Å². The molecule has 3 N–H and O–H groups in total. The molecule has 0 saturated heterocycles. The van der Waals surface area contributed by atoms with Crippen LogP contribution >= 0.6 is 0 Å². The number of benzene rings is 1. The van der Waals surface area contributed by atoms with Gasteiger partial charge in [0.15, 0.2) is 0 Å². The van der Waals surface area contributed by atoms with Crippen LogP contribution < -0.4 is 16.0 Å². The van der Waals surface area contributed by atoms with Crippen molar-refractivity contribution in [1.29, 1.82) is 0 Å². The number of hydrogen-bond donors (Lipinski definition) is 3. The molecule has 0 aliphatic heterocycles. The minimum absolute atomic E-state index is 0.0949. The minimum atomic E-state index is -0.163. The van der Waals surface area contributed by atoms with Crippen molar-refractivity contribution in [1.82, 2.24) is 16.0 Å². The Bertz CT molecular complexity index is 534. The molecular formula is C17H25N3O2. The normalized spacial score (nSPS) is 9.77. The van der Waals surface area contributed by atoms with Gasteiger partial charge in [-0.3, -0.25) is 4.79 Å². The van der Waals surface area contributed by atoms with Gasteiger partial charge in [-0.1, -0.05) is 36.8 Å². The zero-order valence-electron chi connectivity index (χ0n) is 13.5. The molecule has 0 aliphatic carbocycles. The first-order valence-corrected chi connectivity index (χ1v) is 7.53. The third kappa shape index (κ3) is 7.47. The van der Waals surface area contributed by atoms with E-state index in [9.17, 15) is 9.59 Å². The first kappa shape index (κ1) is 17.8. The lowest BCUT2D eigenvalue weighted by atomic mass is 10.1. The SMILES string of the molecule is CCCNC(=O)NCc1cccc(CNC(=O)C=C(C)C)c1. The van der Waals surface area contributed by atoms with Crippen LogP contribution in [0.5, 0.6) is 0 Å². The van der Waals surface area contributed by atoms with Crippen molar-refractivity contribution in [2.45, 2.75) is 40.3 Å². The number of rotatable bonds is 7. The minimum Gasteiger partial charge on any atom is -0.348 e. The molecule has 0 radical (unpaired) electrons. The molecule has 22 heavy (non-hydrogen) atoms. The van der Waals surface area contributed by atoms with Crippen LogP contribution in [0.25, 0.3) is 0 Å². The van der Waals surface area contributed by atoms with Gasteiger partial charge in [0, 0.05) is 25.7 Å². The van der Waals surface area contributed by atoms with Gasteiger partial charge >= 0.3 is 6.03 Å². The standard InChI is InChI=1S/C17H25N3O2/c1-4-8-18-17(22)20-12-15-7-5-6-14(10-15)11-19-16(21)9-13(2)3/h5-7,9-10H,4,8,11-12H2,1-3H3,(H,19,21)(H2,18,20,22). The lowest BCUT2D eigenvalue weighted by molar-refractivity contribution is -0.116. The Labute approximate surface area is 132 Å². The van der Waals surface area contributed by atoms with Crippen LogP contribution in [-0.4, -0.2) is 18.5 Å². The molecule has 0 atom stereocenters. The Balaban J connectivity index is 2.47. The molecule has 1 aromatic rings. The number of hydrogen-bond acceptors (Lipinski definition) is 2. The molecule has 0 unspecified atom stereocenters. The van der Waals surface area contributed by atoms with E-state index in [0.29, 0.717) is 19.6 Å². The van der Waals surface area contributed by atoms with Crippen LogP contribution in [0, 0.1) is 0 Å². The Morgan fingerprint density at radius 2 is 1.68 bits per heavy atom. The van der Waals surface area contributed by atoms with E-state index in [-0.39, 0.29) is 11.9 Å². The van der Waals surface area contributed by atoms with Crippen molar-refractivity contribution in [3.05, 3.63) is 47.0 Å². The molecule has 0 bridgehead atoms. The van der Waals surface area contributed by atoms with E-state index in [0.717, 1.165) is 23.1 Å². The van der Waals surface area contributed by atoms with Crippen LogP contribution in [-0.2, 0) is 17.9 Å². The van der Waals surface area contributed by atoms with Gasteiger partial charge in [-0.2, -0.15) is 0 Å². The summed E-state index contributed by atoms with van der Waals surface area (Å²) in [4.78, 5) is 23.1. The number of carbonyl (C=O) groups excluding carboxylic acids is 2. The van der Waals surface area contributed by atoms with Crippen LogP contribution in [0.2, 0.25) is 0 Å². The number of carbonyl (C=O) groups is 2. The van der Waals surface area contributed by atoms with E-state index in [2.05, 4.69) is 16.0 Å². The molecule has 0 saturated carbocycles. The Hall–Kier alpha value is -2.30. The highest BCUT2D eigenvalue weighted by molar-refractivity contribution is 5.87. The second-order valence-corrected chi connectivity index (χ2v) is 5.37. The van der Waals surface area contributed by atoms with Crippen LogP contribution in [0.15, 0.2) is 35.9 Å². The maximum atomic E-state index is 11.6. The highest BCUT2D eigenvalue weighted by atomic mass is 16.2. The van der Waals surface area contributed by atoms with Crippen molar-refractivity contribution < 1.29 is 9.59 Å². The van der Waals surface area contributed by atoms with Crippen molar-refractivity contribution in [2.24, 2.45) is 0 Å². The summed E-state index contributed by atoms with van der Waals surface area (Å²) >= 11 is 0. The van der Waals surface area contributed by atoms with E-state index in [1.54, 1.807) is 6.08 Å². The quantitative estimate of drug-likeness (QED) is 0.677. The maximum Gasteiger partial charge on any atom is 0.315 e. The van der Waals surface area contributed by atoms with Gasteiger partial charge in [0.05, 0.1) is 0 Å². The third-order valence-corrected chi connectivity index (χ3v) is 2.87. The van der Waals surface area contributed by atoms with Gasteiger partial charge < -0.3 is 16.0 Å². The fraction of sp³-hybridized carbons (Fsp3) is 0.412. The zero-order chi connectivity index (χ0) is 16.4. The van der Waals surface area contributed by atoms with Crippen molar-refractivity contribution >= 4 is 11.9 Å². The van der Waals surface area contributed by atoms with Gasteiger partial charge in [0.25, 0.3) is 0 Å². The lowest BCUT2D eigenvalue weighted by Crippen LogP contribution is -2.35. The first-order valence-electron chi connectivity index (χ1n) is 7.53. The monoisotopic (exact) mass is 303 g/mol. The molecule has 1 rings (SSSR count). The zero-order valence-corrected chi connectivity index (χ0v) is 13.5. The van der Waals surface area contributed by atoms with Gasteiger partial charge in [0.1, 0.15) is 0 Å². The Morgan fingerprint density at radius 3 is 2.27 bits per heavy atom. The fourth-order valence-electron chi connectivity index (χ4n) is 1.84. The molecule has 120 valence electrons. The highest BCUT2D eigenvalue weighted by Gasteiger charge is 2.01. The molecule has 5 heteroatoms. The third-order valence-electron chi connectivity index (χ3n) is 2.87. The van der Waals surface area contributed by atoms with E-state index < -0.39 is 0 Å². The topological polar surface area (TPSA) is 70.2 Å². The van der Waals surface area contributed by atoms with Gasteiger partial charge in [-0.05, 0) is 31.4 Å². The van der Waals surface area contributed by atoms with Crippen LogP contribution in [0.3, 0.4) is 0 Å². The van der Waals surface area contributed by atoms with Crippen LogP contribution in [0.1, 0.15) is 38.3 Å². The van der Waals surface area contributed by atoms with Crippen molar-refractivity contribution in [2.75, 3.05) is 6.54 Å². The predicted molar refractivity (Wildman–Crippen MR) is 88.2 cm³/mol. The molecule has 0 fully saturated rings. The summed E-state index contributed by atoms with van der Waals surface area (Å²) in [5.74, 6) is -0.0949. The smallest absolute Gasteiger partial charge is 0.315 e. The average molecular weight is 303 g/mol. The molecular weight excluding hydrogens is 278 g/mol. The lowest BCUT2D eigenvalue weighted by Gasteiger charge is -2.09. The number of urea groups is 1. The number of nitrogens with one attached hydrogen (secondary N) is 3. The molecule has 0 heterocycles. The molecule has 1 aromatic carbocycles. The largest absolute Gasteiger partial charge is 0.348 e. The average Bonchev–Trinajstić information content (AvgIpc) is 2.48. The van der Waals surface area contributed by atoms with E-state index in [1.165, 1.54) is 0 Å². The molecule has 0 spiro atoms. The summed E-state index contributed by atoms with van der Waals surface area (Å²) in [6.45, 7) is 7.38. The second-order valence-electron chi connectivity index (χ2n) is 5.37. The molecule has 5 nitrogen and oxygen atoms in total. The summed E-state index contributed by atoms with van der Waals surface area (Å²) in [6.07, 6.45) is 2.48. The highest BCUT2D eigenvalue weighted by Crippen LogP contribution is 2.05. The summed E-state index contributed by atoms with van der Waals surface area (Å²) < 4.78 is 0. The summed E-state index contributed by atoms with van der Waals surface area (Å²) in [7, 11) is 0.